The minimum atomic E-state index is -1.41. The number of cyclic esters (lactones) is 1. The Labute approximate surface area is 226 Å². The molecule has 2 aromatic rings. The van der Waals surface area contributed by atoms with Crippen LogP contribution in [0.2, 0.25) is 0 Å². The molecular weight excluding hydrogens is 502 g/mol. The van der Waals surface area contributed by atoms with Gasteiger partial charge in [0, 0.05) is 6.54 Å². The number of carbonyl (C=O) groups is 3. The van der Waals surface area contributed by atoms with Gasteiger partial charge in [-0.15, -0.1) is 5.10 Å². The van der Waals surface area contributed by atoms with Crippen LogP contribution in [0.25, 0.3) is 11.0 Å². The number of aromatic nitrogens is 3. The van der Waals surface area contributed by atoms with E-state index in [1.165, 1.54) is 4.90 Å². The van der Waals surface area contributed by atoms with Crippen molar-refractivity contribution in [2.45, 2.75) is 57.1 Å². The fraction of sp³-hybridized carbons (Fsp3) is 0.536. The topological polar surface area (TPSA) is 127 Å². The number of fused-ring (bicyclic) bond motifs is 3. The maximum Gasteiger partial charge on any atom is 0.313 e. The van der Waals surface area contributed by atoms with Gasteiger partial charge in [0.15, 0.2) is 0 Å². The number of hydrogen-bond acceptors (Lipinski definition) is 8. The zero-order valence-corrected chi connectivity index (χ0v) is 22.3. The van der Waals surface area contributed by atoms with E-state index in [0.717, 1.165) is 5.52 Å². The third-order valence-electron chi connectivity index (χ3n) is 8.58. The predicted molar refractivity (Wildman–Crippen MR) is 139 cm³/mol. The second kappa shape index (κ2) is 9.27. The van der Waals surface area contributed by atoms with Crippen molar-refractivity contribution in [2.75, 3.05) is 19.8 Å². The van der Waals surface area contributed by atoms with Crippen LogP contribution >= 0.6 is 0 Å². The van der Waals surface area contributed by atoms with Crippen LogP contribution in [-0.4, -0.2) is 90.7 Å². The number of rotatable bonds is 5. The Balaban J connectivity index is 1.47. The van der Waals surface area contributed by atoms with E-state index in [-0.39, 0.29) is 38.3 Å². The van der Waals surface area contributed by atoms with Gasteiger partial charge in [0.25, 0.3) is 5.91 Å². The lowest BCUT2D eigenvalue weighted by atomic mass is 9.74. The number of esters is 1. The molecule has 2 amide bonds. The van der Waals surface area contributed by atoms with Crippen LogP contribution in [0.4, 0.5) is 0 Å². The highest BCUT2D eigenvalue weighted by atomic mass is 16.6. The maximum atomic E-state index is 14.5. The van der Waals surface area contributed by atoms with Crippen molar-refractivity contribution < 1.29 is 29.0 Å². The molecule has 1 N–H and O–H groups in total. The van der Waals surface area contributed by atoms with Crippen LogP contribution in [0.5, 0.6) is 0 Å². The summed E-state index contributed by atoms with van der Waals surface area (Å²) >= 11 is 0. The fourth-order valence-electron chi connectivity index (χ4n) is 6.76. The summed E-state index contributed by atoms with van der Waals surface area (Å²) in [5.74, 6) is -3.33. The summed E-state index contributed by atoms with van der Waals surface area (Å²) in [4.78, 5) is 45.2. The normalized spacial score (nSPS) is 33.1. The van der Waals surface area contributed by atoms with Gasteiger partial charge in [-0.05, 0) is 31.4 Å². The van der Waals surface area contributed by atoms with Gasteiger partial charge in [-0.3, -0.25) is 14.4 Å². The van der Waals surface area contributed by atoms with Gasteiger partial charge in [0.2, 0.25) is 5.91 Å². The second-order valence-electron chi connectivity index (χ2n) is 11.3. The first-order valence-electron chi connectivity index (χ1n) is 13.4. The molecule has 39 heavy (non-hydrogen) atoms. The number of aliphatic hydroxyl groups is 1. The second-order valence-corrected chi connectivity index (χ2v) is 11.3. The largest absolute Gasteiger partial charge is 0.465 e. The average molecular weight is 536 g/mol. The third kappa shape index (κ3) is 3.74. The molecule has 0 saturated carbocycles. The Bertz CT molecular complexity index is 1390. The summed E-state index contributed by atoms with van der Waals surface area (Å²) in [6.07, 6.45) is 7.86. The summed E-state index contributed by atoms with van der Waals surface area (Å²) < 4.78 is 13.9. The van der Waals surface area contributed by atoms with Crippen LogP contribution in [0.15, 0.2) is 48.6 Å². The van der Waals surface area contributed by atoms with E-state index < -0.39 is 47.0 Å². The Kier molecular flexibility index (Phi) is 6.11. The van der Waals surface area contributed by atoms with E-state index >= 15 is 0 Å². The number of nitrogens with zero attached hydrogens (tertiary/aromatic N) is 5. The van der Waals surface area contributed by atoms with E-state index in [9.17, 15) is 19.5 Å². The summed E-state index contributed by atoms with van der Waals surface area (Å²) in [7, 11) is 0. The number of carbonyl (C=O) groups excluding carboxylic acids is 3. The lowest BCUT2D eigenvalue weighted by Crippen LogP contribution is -2.59. The molecule has 5 heterocycles. The number of benzene rings is 1. The third-order valence-corrected chi connectivity index (χ3v) is 8.58. The number of hydrogen-bond donors (Lipinski definition) is 1. The van der Waals surface area contributed by atoms with Crippen LogP contribution in [-0.2, 0) is 30.5 Å². The standard InChI is InChI=1S/C28H33N5O6/c1-17(2)20(15-34)33-23-25(36)31(16-32-19-10-5-4-9-18(19)29-30-32)13-8-12-28(23)21(24(33)35)22-26(37)38-14-7-6-11-27(22,3)39-28/h4-6,8-12,17,20-23,34H,7,13-16H2,1-3H3/t20-,21-,22+,23?,27-,28-/m0/s1. The molecule has 4 aliphatic rings. The minimum absolute atomic E-state index is 0.108. The lowest BCUT2D eigenvalue weighted by Gasteiger charge is -2.41. The minimum Gasteiger partial charge on any atom is -0.465 e. The molecule has 1 aromatic carbocycles. The Morgan fingerprint density at radius 1 is 1.10 bits per heavy atom. The molecule has 206 valence electrons. The Morgan fingerprint density at radius 2 is 1.90 bits per heavy atom. The molecule has 11 heteroatoms. The average Bonchev–Trinajstić information content (AvgIpc) is 3.45. The molecule has 6 rings (SSSR count). The fourth-order valence-corrected chi connectivity index (χ4v) is 6.76. The van der Waals surface area contributed by atoms with Gasteiger partial charge in [0.1, 0.15) is 29.7 Å². The van der Waals surface area contributed by atoms with Crippen molar-refractivity contribution in [1.29, 1.82) is 0 Å². The first-order chi connectivity index (χ1) is 18.7. The smallest absolute Gasteiger partial charge is 0.313 e. The number of para-hydroxylation sites is 1. The van der Waals surface area contributed by atoms with Crippen LogP contribution in [0.1, 0.15) is 27.2 Å². The number of amides is 2. The molecule has 2 fully saturated rings. The number of ether oxygens (including phenoxy) is 2. The molecule has 1 unspecified atom stereocenters. The van der Waals surface area contributed by atoms with E-state index in [1.54, 1.807) is 22.6 Å². The van der Waals surface area contributed by atoms with Gasteiger partial charge in [-0.25, -0.2) is 4.68 Å². The first-order valence-corrected chi connectivity index (χ1v) is 13.4. The molecule has 0 aliphatic carbocycles. The SMILES string of the molecule is CC(C)[C@H](CO)N1C(=O)[C@@H]2[C@@H]3C(=O)OCCC=C[C@]3(C)O[C@@]23C=CCN(Cn2nnc4ccccc42)C(=O)C13. The molecular formula is C28H33N5O6. The van der Waals surface area contributed by atoms with Gasteiger partial charge >= 0.3 is 5.97 Å². The van der Waals surface area contributed by atoms with Crippen molar-refractivity contribution >= 4 is 28.8 Å². The van der Waals surface area contributed by atoms with Crippen molar-refractivity contribution in [3.05, 3.63) is 48.6 Å². The van der Waals surface area contributed by atoms with Crippen molar-refractivity contribution in [1.82, 2.24) is 24.8 Å². The molecule has 1 aromatic heterocycles. The molecule has 6 atom stereocenters. The van der Waals surface area contributed by atoms with Crippen LogP contribution < -0.4 is 0 Å². The summed E-state index contributed by atoms with van der Waals surface area (Å²) in [6, 6.07) is 5.74. The predicted octanol–water partition coefficient (Wildman–Crippen LogP) is 1.28. The Morgan fingerprint density at radius 3 is 2.67 bits per heavy atom. The van der Waals surface area contributed by atoms with Gasteiger partial charge < -0.3 is 24.4 Å². The summed E-state index contributed by atoms with van der Waals surface area (Å²) in [6.45, 7) is 5.79. The highest BCUT2D eigenvalue weighted by molar-refractivity contribution is 5.99. The zero-order chi connectivity index (χ0) is 27.5. The van der Waals surface area contributed by atoms with E-state index in [0.29, 0.717) is 11.9 Å². The maximum absolute atomic E-state index is 14.5. The van der Waals surface area contributed by atoms with Crippen molar-refractivity contribution in [3.8, 4) is 0 Å². The van der Waals surface area contributed by atoms with E-state index in [2.05, 4.69) is 10.3 Å². The summed E-state index contributed by atoms with van der Waals surface area (Å²) in [5.41, 5.74) is -1.07. The molecule has 0 radical (unpaired) electrons. The quantitative estimate of drug-likeness (QED) is 0.448. The van der Waals surface area contributed by atoms with E-state index in [1.807, 2.05) is 56.3 Å². The Hall–Kier alpha value is -3.57. The highest BCUT2D eigenvalue weighted by Gasteiger charge is 2.75. The number of aliphatic hydroxyl groups excluding tert-OH is 1. The van der Waals surface area contributed by atoms with Crippen molar-refractivity contribution in [2.24, 2.45) is 17.8 Å². The molecule has 11 nitrogen and oxygen atoms in total. The van der Waals surface area contributed by atoms with Gasteiger partial charge in [0.05, 0.1) is 36.3 Å². The van der Waals surface area contributed by atoms with Gasteiger partial charge in [-0.1, -0.05) is 55.5 Å². The highest BCUT2D eigenvalue weighted by Crippen LogP contribution is 2.57. The summed E-state index contributed by atoms with van der Waals surface area (Å²) in [5, 5.41) is 18.8. The lowest BCUT2D eigenvalue weighted by molar-refractivity contribution is -0.163. The van der Waals surface area contributed by atoms with Crippen LogP contribution in [0.3, 0.4) is 0 Å². The molecule has 4 aliphatic heterocycles. The van der Waals surface area contributed by atoms with Crippen molar-refractivity contribution in [3.63, 3.8) is 0 Å². The van der Waals surface area contributed by atoms with Gasteiger partial charge in [-0.2, -0.15) is 0 Å². The monoisotopic (exact) mass is 535 g/mol. The zero-order valence-electron chi connectivity index (χ0n) is 22.3. The molecule has 2 saturated heterocycles. The first kappa shape index (κ1) is 25.7. The van der Waals surface area contributed by atoms with Crippen LogP contribution in [0, 0.1) is 17.8 Å². The number of likely N-dealkylation sites (tertiary alicyclic amines) is 1. The van der Waals surface area contributed by atoms with E-state index in [4.69, 9.17) is 9.47 Å². The molecule has 0 bridgehead atoms. The molecule has 1 spiro atoms.